The van der Waals surface area contributed by atoms with Crippen LogP contribution in [0, 0.1) is 25.5 Å². The molecule has 1 fully saturated rings. The first kappa shape index (κ1) is 30.3. The number of nitrogens with zero attached hydrogens (tertiary/aromatic N) is 5. The number of aryl methyl sites for hydroxylation is 2. The van der Waals surface area contributed by atoms with Crippen LogP contribution >= 0.6 is 11.3 Å². The molecule has 2 radical (unpaired) electrons. The molecule has 0 N–H and O–H groups in total. The summed E-state index contributed by atoms with van der Waals surface area (Å²) in [5, 5.41) is 6.81. The van der Waals surface area contributed by atoms with Gasteiger partial charge in [-0.2, -0.15) is 0 Å². The molecule has 232 valence electrons. The number of aromatic nitrogens is 4. The number of imidazole rings is 1. The van der Waals surface area contributed by atoms with Gasteiger partial charge in [0.2, 0.25) is 15.6 Å². The van der Waals surface area contributed by atoms with Crippen molar-refractivity contribution in [3.05, 3.63) is 95.0 Å². The molecule has 0 aliphatic carbocycles. The summed E-state index contributed by atoms with van der Waals surface area (Å²) in [4.78, 5) is 24.1. The molecule has 1 aliphatic rings. The number of anilines is 1. The third-order valence-corrected chi connectivity index (χ3v) is 11.4. The highest BCUT2D eigenvalue weighted by molar-refractivity contribution is 7.84. The molecule has 2 atom stereocenters. The Kier molecular flexibility index (Phi) is 7.99. The van der Waals surface area contributed by atoms with Gasteiger partial charge in [-0.05, 0) is 74.7 Å². The minimum atomic E-state index is -1.08. The van der Waals surface area contributed by atoms with Crippen molar-refractivity contribution < 1.29 is 22.3 Å². The molecule has 0 bridgehead atoms. The molecule has 6 aromatic rings. The minimum absolute atomic E-state index is 0.0875. The number of halogens is 2. The molecular formula is C33H27F2N5O3S2Si. The molecule has 46 heavy (non-hydrogen) atoms. The first-order valence-electron chi connectivity index (χ1n) is 14.6. The van der Waals surface area contributed by atoms with E-state index < -0.39 is 22.4 Å². The topological polar surface area (TPSA) is 94.1 Å². The SMILES string of the molecule is Cc1noc(C)c1-c1ccc2c(c1)nc([C@@H]1CCCC(=O)N(c3ccc(F)c(F)c3)[Si]1)n2-c1nc(-c2ccc(S(C)=O)cc2)cs1. The van der Waals surface area contributed by atoms with E-state index in [1.54, 1.807) is 10.8 Å². The number of rotatable bonds is 6. The van der Waals surface area contributed by atoms with Crippen molar-refractivity contribution >= 4 is 54.4 Å². The second-order valence-corrected chi connectivity index (χ2v) is 14.7. The van der Waals surface area contributed by atoms with Crippen molar-refractivity contribution in [2.75, 3.05) is 10.8 Å². The molecule has 4 heterocycles. The lowest BCUT2D eigenvalue weighted by atomic mass is 10.0. The number of benzene rings is 3. The summed E-state index contributed by atoms with van der Waals surface area (Å²) < 4.78 is 49.0. The third-order valence-electron chi connectivity index (χ3n) is 8.06. The van der Waals surface area contributed by atoms with E-state index in [2.05, 4.69) is 5.16 Å². The first-order chi connectivity index (χ1) is 22.2. The maximum Gasteiger partial charge on any atom is 0.218 e. The molecule has 1 saturated heterocycles. The van der Waals surface area contributed by atoms with Crippen LogP contribution < -0.4 is 4.57 Å². The number of amides is 1. The Labute approximate surface area is 272 Å². The smallest absolute Gasteiger partial charge is 0.218 e. The number of thiazole rings is 1. The molecule has 8 nitrogen and oxygen atoms in total. The number of hydrogen-bond acceptors (Lipinski definition) is 7. The summed E-state index contributed by atoms with van der Waals surface area (Å²) in [6, 6.07) is 17.1. The maximum atomic E-state index is 14.3. The van der Waals surface area contributed by atoms with E-state index in [1.807, 2.05) is 66.3 Å². The monoisotopic (exact) mass is 671 g/mol. The Balaban J connectivity index is 1.35. The van der Waals surface area contributed by atoms with Crippen LogP contribution in [0.5, 0.6) is 0 Å². The van der Waals surface area contributed by atoms with Gasteiger partial charge in [-0.25, -0.2) is 18.7 Å². The van der Waals surface area contributed by atoms with Crippen molar-refractivity contribution in [1.82, 2.24) is 19.7 Å². The van der Waals surface area contributed by atoms with E-state index in [1.165, 1.54) is 17.4 Å². The highest BCUT2D eigenvalue weighted by Gasteiger charge is 2.32. The molecule has 7 rings (SSSR count). The van der Waals surface area contributed by atoms with Crippen LogP contribution in [-0.2, 0) is 15.6 Å². The van der Waals surface area contributed by atoms with Crippen LogP contribution in [0.1, 0.15) is 42.1 Å². The van der Waals surface area contributed by atoms with Gasteiger partial charge in [-0.3, -0.25) is 13.6 Å². The molecule has 3 aromatic heterocycles. The lowest BCUT2D eigenvalue weighted by Gasteiger charge is -2.24. The predicted molar refractivity (Wildman–Crippen MR) is 176 cm³/mol. The zero-order valence-electron chi connectivity index (χ0n) is 25.1. The highest BCUT2D eigenvalue weighted by atomic mass is 32.2. The van der Waals surface area contributed by atoms with Crippen LogP contribution in [0.15, 0.2) is 75.5 Å². The fourth-order valence-corrected chi connectivity index (χ4v) is 8.66. The van der Waals surface area contributed by atoms with E-state index in [-0.39, 0.29) is 21.1 Å². The lowest BCUT2D eigenvalue weighted by molar-refractivity contribution is -0.117. The molecule has 13 heteroatoms. The fourth-order valence-electron chi connectivity index (χ4n) is 5.79. The molecule has 0 saturated carbocycles. The normalized spacial score (nSPS) is 16.2. The lowest BCUT2D eigenvalue weighted by Crippen LogP contribution is -2.36. The van der Waals surface area contributed by atoms with Gasteiger partial charge in [-0.1, -0.05) is 23.4 Å². The minimum Gasteiger partial charge on any atom is -0.361 e. The van der Waals surface area contributed by atoms with Crippen LogP contribution in [0.4, 0.5) is 14.5 Å². The van der Waals surface area contributed by atoms with E-state index in [9.17, 15) is 17.8 Å². The Morgan fingerprint density at radius 3 is 2.50 bits per heavy atom. The maximum absolute atomic E-state index is 14.3. The summed E-state index contributed by atoms with van der Waals surface area (Å²) in [5.74, 6) is -0.639. The number of hydrogen-bond donors (Lipinski definition) is 0. The van der Waals surface area contributed by atoms with E-state index in [0.29, 0.717) is 35.8 Å². The summed E-state index contributed by atoms with van der Waals surface area (Å²) >= 11 is 1.48. The average Bonchev–Trinajstić information content (AvgIpc) is 3.73. The number of carbonyl (C=O) groups excluding carboxylic acids is 1. The number of carbonyl (C=O) groups is 1. The van der Waals surface area contributed by atoms with Crippen molar-refractivity contribution in [3.8, 4) is 27.5 Å². The van der Waals surface area contributed by atoms with E-state index in [0.717, 1.165) is 62.0 Å². The van der Waals surface area contributed by atoms with Gasteiger partial charge in [0.1, 0.15) is 11.6 Å². The Bertz CT molecular complexity index is 2120. The van der Waals surface area contributed by atoms with Crippen molar-refractivity contribution in [2.45, 2.75) is 43.5 Å². The van der Waals surface area contributed by atoms with Gasteiger partial charge in [-0.15, -0.1) is 11.3 Å². The average molecular weight is 672 g/mol. The zero-order valence-corrected chi connectivity index (χ0v) is 27.7. The quantitative estimate of drug-likeness (QED) is 0.172. The first-order valence-corrected chi connectivity index (χ1v) is 18.0. The van der Waals surface area contributed by atoms with Gasteiger partial charge in [0.15, 0.2) is 16.8 Å². The third kappa shape index (κ3) is 5.52. The van der Waals surface area contributed by atoms with Crippen molar-refractivity contribution in [2.24, 2.45) is 0 Å². The molecule has 1 aliphatic heterocycles. The predicted octanol–water partition coefficient (Wildman–Crippen LogP) is 7.31. The fraction of sp³-hybridized carbons (Fsp3) is 0.212. The van der Waals surface area contributed by atoms with Gasteiger partial charge in [0.05, 0.1) is 22.4 Å². The molecule has 0 spiro atoms. The summed E-state index contributed by atoms with van der Waals surface area (Å²) in [7, 11) is -1.17. The summed E-state index contributed by atoms with van der Waals surface area (Å²) in [6.07, 6.45) is 3.24. The van der Waals surface area contributed by atoms with Gasteiger partial charge in [0.25, 0.3) is 0 Å². The highest BCUT2D eigenvalue weighted by Crippen LogP contribution is 2.37. The molecular weight excluding hydrogens is 645 g/mol. The number of fused-ring (bicyclic) bond motifs is 1. The van der Waals surface area contributed by atoms with E-state index in [4.69, 9.17) is 14.5 Å². The van der Waals surface area contributed by atoms with Crippen LogP contribution in [-0.4, -0.2) is 45.7 Å². The summed E-state index contributed by atoms with van der Waals surface area (Å²) in [5.41, 5.74) is 6.02. The second kappa shape index (κ2) is 12.1. The van der Waals surface area contributed by atoms with Gasteiger partial charge < -0.3 is 9.09 Å². The van der Waals surface area contributed by atoms with Crippen LogP contribution in [0.25, 0.3) is 38.5 Å². The van der Waals surface area contributed by atoms with Crippen LogP contribution in [0.2, 0.25) is 0 Å². The second-order valence-electron chi connectivity index (χ2n) is 11.1. The Morgan fingerprint density at radius 1 is 1.00 bits per heavy atom. The van der Waals surface area contributed by atoms with Crippen LogP contribution in [0.3, 0.4) is 0 Å². The Hall–Kier alpha value is -4.33. The molecule has 1 unspecified atom stereocenters. The Morgan fingerprint density at radius 2 is 1.78 bits per heavy atom. The van der Waals surface area contributed by atoms with Crippen molar-refractivity contribution in [3.63, 3.8) is 0 Å². The zero-order chi connectivity index (χ0) is 32.1. The molecule has 1 amide bonds. The molecule has 3 aromatic carbocycles. The van der Waals surface area contributed by atoms with Crippen molar-refractivity contribution in [1.29, 1.82) is 0 Å². The van der Waals surface area contributed by atoms with E-state index >= 15 is 0 Å². The van der Waals surface area contributed by atoms with Gasteiger partial charge in [0, 0.05) is 56.1 Å². The van der Waals surface area contributed by atoms with Gasteiger partial charge >= 0.3 is 0 Å². The summed E-state index contributed by atoms with van der Waals surface area (Å²) in [6.45, 7) is 3.78. The standard InChI is InChI=1S/C33H27F2N5O3S2Si/c1-18-31(19(2)43-38-18)21-9-14-28-26(15-21)36-32(29-5-4-6-30(41)40(46-29)22-10-13-24(34)25(35)16-22)39(28)33-37-27(17-44-33)20-7-11-23(12-8-20)45(3)42/h7-17,29H,4-6H2,1-3H3/t29-,45?/m0/s1. The largest absolute Gasteiger partial charge is 0.361 e.